The number of hydrogen-bond acceptors (Lipinski definition) is 4. The average molecular weight is 388 g/mol. The van der Waals surface area contributed by atoms with Crippen molar-refractivity contribution in [1.29, 1.82) is 0 Å². The summed E-state index contributed by atoms with van der Waals surface area (Å²) in [5, 5.41) is 6.72. The number of piperidine rings is 1. The highest BCUT2D eigenvalue weighted by molar-refractivity contribution is 7.89. The molecule has 0 radical (unpaired) electrons. The summed E-state index contributed by atoms with van der Waals surface area (Å²) in [6.07, 6.45) is 5.54. The Morgan fingerprint density at radius 2 is 1.76 bits per heavy atom. The number of carbonyl (C=O) groups excluding carboxylic acids is 1. The quantitative estimate of drug-likeness (QED) is 0.687. The summed E-state index contributed by atoms with van der Waals surface area (Å²) in [5.74, 6) is 0.0771. The molecule has 3 N–H and O–H groups in total. The molecule has 2 atom stereocenters. The summed E-state index contributed by atoms with van der Waals surface area (Å²) < 4.78 is 25.6. The second kappa shape index (κ2) is 8.49. The van der Waals surface area contributed by atoms with Gasteiger partial charge in [-0.1, -0.05) is 12.1 Å². The predicted octanol–water partition coefficient (Wildman–Crippen LogP) is 1.35. The van der Waals surface area contributed by atoms with Crippen LogP contribution in [0.5, 0.6) is 0 Å². The van der Waals surface area contributed by atoms with E-state index >= 15 is 0 Å². The van der Waals surface area contributed by atoms with Gasteiger partial charge < -0.3 is 10.6 Å². The number of aryl methyl sites for hydroxylation is 1. The molecule has 2 aliphatic rings. The third kappa shape index (κ3) is 5.17. The third-order valence-electron chi connectivity index (χ3n) is 4.98. The van der Waals surface area contributed by atoms with E-state index in [2.05, 4.69) is 15.4 Å². The molecule has 0 saturated carbocycles. The van der Waals surface area contributed by atoms with Crippen LogP contribution >= 0.6 is 12.4 Å². The van der Waals surface area contributed by atoms with Gasteiger partial charge in [0.1, 0.15) is 0 Å². The summed E-state index contributed by atoms with van der Waals surface area (Å²) in [6, 6.07) is 8.10. The lowest BCUT2D eigenvalue weighted by Crippen LogP contribution is -2.48. The van der Waals surface area contributed by atoms with Gasteiger partial charge in [-0.2, -0.15) is 0 Å². The molecule has 0 spiro atoms. The first kappa shape index (κ1) is 20.2. The molecule has 2 fully saturated rings. The number of fused-ring (bicyclic) bond motifs is 2. The van der Waals surface area contributed by atoms with Gasteiger partial charge in [0, 0.05) is 24.5 Å². The molecule has 1 aromatic carbocycles. The molecule has 2 saturated heterocycles. The van der Waals surface area contributed by atoms with Crippen molar-refractivity contribution in [3.8, 4) is 0 Å². The molecule has 0 aromatic heterocycles. The number of benzene rings is 1. The monoisotopic (exact) mass is 387 g/mol. The molecule has 2 aliphatic heterocycles. The van der Waals surface area contributed by atoms with E-state index in [1.165, 1.54) is 19.9 Å². The lowest BCUT2D eigenvalue weighted by Gasteiger charge is -2.29. The fraction of sp³-hybridized carbons (Fsp3) is 0.588. The number of halogens is 1. The maximum absolute atomic E-state index is 12.2. The molecule has 1 aromatic rings. The number of hydrogen-bond donors (Lipinski definition) is 3. The van der Waals surface area contributed by atoms with Crippen LogP contribution in [0, 0.1) is 0 Å². The lowest BCUT2D eigenvalue weighted by atomic mass is 9.99. The molecule has 2 heterocycles. The molecule has 3 rings (SSSR count). The van der Waals surface area contributed by atoms with Crippen molar-refractivity contribution >= 4 is 28.3 Å². The highest BCUT2D eigenvalue weighted by atomic mass is 35.5. The first-order valence-corrected chi connectivity index (χ1v) is 10.0. The van der Waals surface area contributed by atoms with E-state index in [0.29, 0.717) is 31.0 Å². The first-order valence-electron chi connectivity index (χ1n) is 8.54. The summed E-state index contributed by atoms with van der Waals surface area (Å²) >= 11 is 0. The maximum atomic E-state index is 12.2. The minimum Gasteiger partial charge on any atom is -0.353 e. The molecule has 8 heteroatoms. The molecular formula is C17H26ClN3O3S. The van der Waals surface area contributed by atoms with E-state index in [0.717, 1.165) is 18.4 Å². The normalized spacial score (nSPS) is 25.2. The summed E-state index contributed by atoms with van der Waals surface area (Å²) in [7, 11) is -2.02. The molecule has 0 aliphatic carbocycles. The largest absolute Gasteiger partial charge is 0.353 e. The van der Waals surface area contributed by atoms with E-state index in [4.69, 9.17) is 0 Å². The Morgan fingerprint density at radius 1 is 1.16 bits per heavy atom. The third-order valence-corrected chi connectivity index (χ3v) is 6.41. The maximum Gasteiger partial charge on any atom is 0.240 e. The lowest BCUT2D eigenvalue weighted by molar-refractivity contribution is -0.122. The van der Waals surface area contributed by atoms with E-state index in [9.17, 15) is 13.2 Å². The van der Waals surface area contributed by atoms with Crippen molar-refractivity contribution in [2.45, 2.75) is 61.5 Å². The summed E-state index contributed by atoms with van der Waals surface area (Å²) in [6.45, 7) is 0. The fourth-order valence-electron chi connectivity index (χ4n) is 3.69. The van der Waals surface area contributed by atoms with Gasteiger partial charge in [0.2, 0.25) is 15.9 Å². The average Bonchev–Trinajstić information content (AvgIpc) is 2.92. The van der Waals surface area contributed by atoms with Crippen LogP contribution in [0.15, 0.2) is 29.2 Å². The van der Waals surface area contributed by atoms with Crippen LogP contribution in [0.1, 0.15) is 37.7 Å². The molecule has 2 bridgehead atoms. The molecule has 25 heavy (non-hydrogen) atoms. The summed E-state index contributed by atoms with van der Waals surface area (Å²) in [5.41, 5.74) is 0.964. The molecule has 140 valence electrons. The number of sulfonamides is 1. The minimum atomic E-state index is -3.41. The van der Waals surface area contributed by atoms with Crippen molar-refractivity contribution in [3.05, 3.63) is 29.8 Å². The van der Waals surface area contributed by atoms with Gasteiger partial charge >= 0.3 is 0 Å². The Hall–Kier alpha value is -1.15. The van der Waals surface area contributed by atoms with Crippen LogP contribution < -0.4 is 15.4 Å². The predicted molar refractivity (Wildman–Crippen MR) is 99.4 cm³/mol. The van der Waals surface area contributed by atoms with Crippen LogP contribution in [0.3, 0.4) is 0 Å². The number of amides is 1. The Balaban J connectivity index is 0.00000225. The fourth-order valence-corrected chi connectivity index (χ4v) is 4.42. The zero-order chi connectivity index (χ0) is 17.2. The van der Waals surface area contributed by atoms with Gasteiger partial charge in [-0.05, 0) is 56.8 Å². The highest BCUT2D eigenvalue weighted by Gasteiger charge is 2.33. The van der Waals surface area contributed by atoms with E-state index in [1.807, 2.05) is 0 Å². The van der Waals surface area contributed by atoms with Crippen LogP contribution in [0.25, 0.3) is 0 Å². The second-order valence-electron chi connectivity index (χ2n) is 6.73. The van der Waals surface area contributed by atoms with Gasteiger partial charge in [-0.3, -0.25) is 4.79 Å². The van der Waals surface area contributed by atoms with Gasteiger partial charge in [0.05, 0.1) is 4.90 Å². The standard InChI is InChI=1S/C17H25N3O3S.ClH/c1-18-24(22,23)16-7-2-12(3-8-16)4-9-17(21)20-15-10-13-5-6-14(11-15)19-13;/h2-3,7-8,13-15,18-19H,4-6,9-11H2,1H3,(H,20,21);1H. The van der Waals surface area contributed by atoms with Crippen molar-refractivity contribution in [2.75, 3.05) is 7.05 Å². The van der Waals surface area contributed by atoms with E-state index < -0.39 is 10.0 Å². The minimum absolute atomic E-state index is 0. The van der Waals surface area contributed by atoms with Gasteiger partial charge in [-0.15, -0.1) is 12.4 Å². The van der Waals surface area contributed by atoms with Crippen molar-refractivity contribution in [1.82, 2.24) is 15.4 Å². The number of carbonyl (C=O) groups is 1. The van der Waals surface area contributed by atoms with Crippen LogP contribution in [-0.4, -0.2) is 39.5 Å². The van der Waals surface area contributed by atoms with E-state index in [1.54, 1.807) is 24.3 Å². The van der Waals surface area contributed by atoms with Crippen molar-refractivity contribution in [2.24, 2.45) is 0 Å². The van der Waals surface area contributed by atoms with Gasteiger partial charge in [-0.25, -0.2) is 13.1 Å². The highest BCUT2D eigenvalue weighted by Crippen LogP contribution is 2.26. The van der Waals surface area contributed by atoms with Crippen molar-refractivity contribution < 1.29 is 13.2 Å². The van der Waals surface area contributed by atoms with E-state index in [-0.39, 0.29) is 23.2 Å². The van der Waals surface area contributed by atoms with Crippen LogP contribution in [0.2, 0.25) is 0 Å². The first-order chi connectivity index (χ1) is 11.5. The Labute approximate surface area is 155 Å². The Bertz CT molecular complexity index is 682. The second-order valence-corrected chi connectivity index (χ2v) is 8.61. The van der Waals surface area contributed by atoms with Crippen LogP contribution in [0.4, 0.5) is 0 Å². The summed E-state index contributed by atoms with van der Waals surface area (Å²) in [4.78, 5) is 12.4. The smallest absolute Gasteiger partial charge is 0.240 e. The van der Waals surface area contributed by atoms with Crippen molar-refractivity contribution in [3.63, 3.8) is 0 Å². The molecular weight excluding hydrogens is 362 g/mol. The molecule has 6 nitrogen and oxygen atoms in total. The Kier molecular flexibility index (Phi) is 6.85. The number of nitrogens with one attached hydrogen (secondary N) is 3. The topological polar surface area (TPSA) is 87.3 Å². The molecule has 2 unspecified atom stereocenters. The van der Waals surface area contributed by atoms with Gasteiger partial charge in [0.15, 0.2) is 0 Å². The zero-order valence-electron chi connectivity index (χ0n) is 14.3. The zero-order valence-corrected chi connectivity index (χ0v) is 16.0. The Morgan fingerprint density at radius 3 is 2.32 bits per heavy atom. The molecule has 1 amide bonds. The number of rotatable bonds is 6. The SMILES string of the molecule is CNS(=O)(=O)c1ccc(CCC(=O)NC2CC3CCC(C2)N3)cc1.Cl. The van der Waals surface area contributed by atoms with Crippen LogP contribution in [-0.2, 0) is 21.2 Å². The van der Waals surface area contributed by atoms with Gasteiger partial charge in [0.25, 0.3) is 0 Å².